The average molecular weight is 402 g/mol. The molecule has 0 atom stereocenters. The molecule has 5 nitrogen and oxygen atoms in total. The number of aromatic amines is 1. The minimum Gasteiger partial charge on any atom is -0.358 e. The van der Waals surface area contributed by atoms with Crippen molar-refractivity contribution >= 4 is 45.5 Å². The quantitative estimate of drug-likeness (QED) is 0.535. The topological polar surface area (TPSA) is 56.4 Å². The van der Waals surface area contributed by atoms with E-state index in [1.807, 2.05) is 43.3 Å². The first-order valence-corrected chi connectivity index (χ1v) is 10.1. The Bertz CT molecular complexity index is 1000. The highest BCUT2D eigenvalue weighted by Gasteiger charge is 2.29. The zero-order valence-corrected chi connectivity index (χ0v) is 16.6. The number of carbonyl (C=O) groups is 2. The van der Waals surface area contributed by atoms with Crippen molar-refractivity contribution in [2.45, 2.75) is 13.5 Å². The van der Waals surface area contributed by atoms with E-state index >= 15 is 0 Å². The van der Waals surface area contributed by atoms with Crippen LogP contribution in [0.4, 0.5) is 0 Å². The number of para-hydroxylation sites is 1. The molecule has 1 amide bonds. The molecule has 27 heavy (non-hydrogen) atoms. The van der Waals surface area contributed by atoms with Crippen molar-refractivity contribution in [1.82, 2.24) is 14.8 Å². The monoisotopic (exact) mass is 401 g/mol. The summed E-state index contributed by atoms with van der Waals surface area (Å²) in [6.07, 6.45) is 0. The van der Waals surface area contributed by atoms with Crippen molar-refractivity contribution in [3.05, 3.63) is 56.9 Å². The number of nitrogens with one attached hydrogen (secondary N) is 1. The normalized spacial score (nSPS) is 15.4. The standard InChI is InChI=1S/C20H20ClN3O2S/c1-13-18(15-4-2-3-5-16(15)22-13)19(25)20(26)24-10-8-23(9-11-24)12-14-6-7-17(21)27-14/h2-7,22H,8-12H2,1H3. The summed E-state index contributed by atoms with van der Waals surface area (Å²) in [5.41, 5.74) is 2.11. The second-order valence-electron chi connectivity index (χ2n) is 6.77. The van der Waals surface area contributed by atoms with Gasteiger partial charge in [0.15, 0.2) is 0 Å². The third-order valence-electron chi connectivity index (χ3n) is 4.98. The smallest absolute Gasteiger partial charge is 0.295 e. The van der Waals surface area contributed by atoms with E-state index in [9.17, 15) is 9.59 Å². The lowest BCUT2D eigenvalue weighted by Gasteiger charge is -2.34. The van der Waals surface area contributed by atoms with Gasteiger partial charge in [-0.05, 0) is 25.1 Å². The fraction of sp³-hybridized carbons (Fsp3) is 0.300. The summed E-state index contributed by atoms with van der Waals surface area (Å²) in [5, 5.41) is 0.807. The molecule has 140 valence electrons. The first kappa shape index (κ1) is 18.2. The maximum atomic E-state index is 12.9. The summed E-state index contributed by atoms with van der Waals surface area (Å²) in [4.78, 5) is 34.0. The molecule has 7 heteroatoms. The maximum Gasteiger partial charge on any atom is 0.295 e. The molecule has 0 bridgehead atoms. The summed E-state index contributed by atoms with van der Waals surface area (Å²) in [6, 6.07) is 11.5. The third-order valence-corrected chi connectivity index (χ3v) is 6.20. The van der Waals surface area contributed by atoms with Gasteiger partial charge in [0.1, 0.15) is 0 Å². The Balaban J connectivity index is 1.43. The van der Waals surface area contributed by atoms with Crippen LogP contribution in [0, 0.1) is 6.92 Å². The Labute approximate surface area is 166 Å². The predicted molar refractivity (Wildman–Crippen MR) is 109 cm³/mol. The van der Waals surface area contributed by atoms with Crippen LogP contribution < -0.4 is 0 Å². The van der Waals surface area contributed by atoms with Gasteiger partial charge in [0, 0.05) is 54.2 Å². The van der Waals surface area contributed by atoms with E-state index in [1.165, 1.54) is 4.88 Å². The van der Waals surface area contributed by atoms with Crippen LogP contribution >= 0.6 is 22.9 Å². The van der Waals surface area contributed by atoms with Crippen molar-refractivity contribution < 1.29 is 9.59 Å². The largest absolute Gasteiger partial charge is 0.358 e. The number of halogens is 1. The molecular weight excluding hydrogens is 382 g/mol. The number of aromatic nitrogens is 1. The number of amides is 1. The molecule has 1 fully saturated rings. The molecular formula is C20H20ClN3O2S. The first-order valence-electron chi connectivity index (χ1n) is 8.90. The van der Waals surface area contributed by atoms with Gasteiger partial charge in [0.05, 0.1) is 9.90 Å². The Morgan fingerprint density at radius 1 is 1.11 bits per heavy atom. The minimum absolute atomic E-state index is 0.415. The molecule has 0 radical (unpaired) electrons. The molecule has 3 aromatic rings. The molecule has 1 aliphatic heterocycles. The van der Waals surface area contributed by atoms with Gasteiger partial charge >= 0.3 is 0 Å². The maximum absolute atomic E-state index is 12.9. The summed E-state index contributed by atoms with van der Waals surface area (Å²) < 4.78 is 0.790. The van der Waals surface area contributed by atoms with E-state index in [-0.39, 0.29) is 0 Å². The number of aryl methyl sites for hydroxylation is 1. The molecule has 3 heterocycles. The second-order valence-corrected chi connectivity index (χ2v) is 8.57. The molecule has 2 aromatic heterocycles. The van der Waals surface area contributed by atoms with E-state index in [1.54, 1.807) is 16.2 Å². The molecule has 1 aliphatic rings. The lowest BCUT2D eigenvalue weighted by atomic mass is 10.1. The van der Waals surface area contributed by atoms with Crippen molar-refractivity contribution in [2.75, 3.05) is 26.2 Å². The van der Waals surface area contributed by atoms with Crippen LogP contribution in [0.15, 0.2) is 36.4 Å². The van der Waals surface area contributed by atoms with Crippen LogP contribution in [-0.2, 0) is 11.3 Å². The number of thiophene rings is 1. The van der Waals surface area contributed by atoms with E-state index in [0.29, 0.717) is 18.7 Å². The zero-order valence-electron chi connectivity index (χ0n) is 15.0. The molecule has 4 rings (SSSR count). The number of Topliss-reactive ketones (excluding diaryl/α,β-unsaturated/α-hetero) is 1. The minimum atomic E-state index is -0.427. The number of nitrogens with zero attached hydrogens (tertiary/aromatic N) is 2. The molecule has 0 unspecified atom stereocenters. The van der Waals surface area contributed by atoms with Crippen molar-refractivity contribution in [3.63, 3.8) is 0 Å². The van der Waals surface area contributed by atoms with Crippen molar-refractivity contribution in [3.8, 4) is 0 Å². The summed E-state index contributed by atoms with van der Waals surface area (Å²) in [5.74, 6) is -0.842. The Hall–Kier alpha value is -2.15. The highest BCUT2D eigenvalue weighted by atomic mass is 35.5. The fourth-order valence-corrected chi connectivity index (χ4v) is 4.72. The number of ketones is 1. The number of piperazine rings is 1. The van der Waals surface area contributed by atoms with Crippen LogP contribution in [0.1, 0.15) is 20.9 Å². The Morgan fingerprint density at radius 2 is 1.85 bits per heavy atom. The summed E-state index contributed by atoms with van der Waals surface area (Å²) in [7, 11) is 0. The van der Waals surface area contributed by atoms with Crippen LogP contribution in [-0.4, -0.2) is 52.7 Å². The Kier molecular flexibility index (Phi) is 5.04. The number of H-pyrrole nitrogens is 1. The van der Waals surface area contributed by atoms with Gasteiger partial charge < -0.3 is 9.88 Å². The van der Waals surface area contributed by atoms with Gasteiger partial charge in [-0.25, -0.2) is 0 Å². The van der Waals surface area contributed by atoms with Gasteiger partial charge in [-0.1, -0.05) is 29.8 Å². The van der Waals surface area contributed by atoms with E-state index in [2.05, 4.69) is 9.88 Å². The van der Waals surface area contributed by atoms with Crippen molar-refractivity contribution in [1.29, 1.82) is 0 Å². The number of benzene rings is 1. The predicted octanol–water partition coefficient (Wildman–Crippen LogP) is 3.72. The summed E-state index contributed by atoms with van der Waals surface area (Å²) in [6.45, 7) is 5.29. The van der Waals surface area contributed by atoms with Crippen molar-refractivity contribution in [2.24, 2.45) is 0 Å². The number of rotatable bonds is 4. The van der Waals surface area contributed by atoms with Gasteiger partial charge in [-0.3, -0.25) is 14.5 Å². The molecule has 0 saturated carbocycles. The number of hydrogen-bond acceptors (Lipinski definition) is 4. The molecule has 0 spiro atoms. The number of fused-ring (bicyclic) bond motifs is 1. The lowest BCUT2D eigenvalue weighted by Crippen LogP contribution is -2.50. The molecule has 1 aromatic carbocycles. The van der Waals surface area contributed by atoms with E-state index in [0.717, 1.165) is 40.6 Å². The van der Waals surface area contributed by atoms with Crippen LogP contribution in [0.5, 0.6) is 0 Å². The highest BCUT2D eigenvalue weighted by Crippen LogP contribution is 2.24. The Morgan fingerprint density at radius 3 is 2.56 bits per heavy atom. The SMILES string of the molecule is Cc1[nH]c2ccccc2c1C(=O)C(=O)N1CCN(Cc2ccc(Cl)s2)CC1. The van der Waals surface area contributed by atoms with Crippen LogP contribution in [0.25, 0.3) is 10.9 Å². The average Bonchev–Trinajstić information content (AvgIpc) is 3.23. The zero-order chi connectivity index (χ0) is 19.0. The molecule has 0 aliphatic carbocycles. The fourth-order valence-electron chi connectivity index (χ4n) is 3.59. The van der Waals surface area contributed by atoms with Crippen LogP contribution in [0.2, 0.25) is 4.34 Å². The number of hydrogen-bond donors (Lipinski definition) is 1. The van der Waals surface area contributed by atoms with Gasteiger partial charge in [-0.2, -0.15) is 0 Å². The third kappa shape index (κ3) is 3.65. The van der Waals surface area contributed by atoms with E-state index in [4.69, 9.17) is 11.6 Å². The van der Waals surface area contributed by atoms with Gasteiger partial charge in [-0.15, -0.1) is 11.3 Å². The lowest BCUT2D eigenvalue weighted by molar-refractivity contribution is -0.128. The molecule has 1 N–H and O–H groups in total. The van der Waals surface area contributed by atoms with E-state index < -0.39 is 11.7 Å². The second kappa shape index (κ2) is 7.46. The molecule has 1 saturated heterocycles. The highest BCUT2D eigenvalue weighted by molar-refractivity contribution is 7.16. The van der Waals surface area contributed by atoms with Gasteiger partial charge in [0.25, 0.3) is 11.7 Å². The number of carbonyl (C=O) groups excluding carboxylic acids is 2. The summed E-state index contributed by atoms with van der Waals surface area (Å²) >= 11 is 7.57. The van der Waals surface area contributed by atoms with Gasteiger partial charge in [0.2, 0.25) is 0 Å². The van der Waals surface area contributed by atoms with Crippen LogP contribution in [0.3, 0.4) is 0 Å². The first-order chi connectivity index (χ1) is 13.0.